The number of rotatable bonds is 5. The van der Waals surface area contributed by atoms with E-state index in [1.54, 1.807) is 4.90 Å². The third kappa shape index (κ3) is 4.57. The Hall–Kier alpha value is -2.92. The summed E-state index contributed by atoms with van der Waals surface area (Å²) >= 11 is 0. The van der Waals surface area contributed by atoms with Crippen molar-refractivity contribution in [1.29, 1.82) is 0 Å². The zero-order valence-corrected chi connectivity index (χ0v) is 16.6. The molecule has 2 amide bonds. The Morgan fingerprint density at radius 1 is 0.897 bits per heavy atom. The van der Waals surface area contributed by atoms with E-state index < -0.39 is 5.92 Å². The van der Waals surface area contributed by atoms with E-state index in [1.807, 2.05) is 53.4 Å². The zero-order chi connectivity index (χ0) is 20.1. The van der Waals surface area contributed by atoms with Crippen LogP contribution in [-0.4, -0.2) is 60.9 Å². The first-order valence-corrected chi connectivity index (χ1v) is 10.3. The van der Waals surface area contributed by atoms with Crippen molar-refractivity contribution in [2.75, 3.05) is 44.2 Å². The van der Waals surface area contributed by atoms with Crippen molar-refractivity contribution in [3.63, 3.8) is 0 Å². The van der Waals surface area contributed by atoms with Gasteiger partial charge < -0.3 is 9.80 Å². The SMILES string of the molecule is O=C(C1CCN(c2ccccc2)C1=O)N1CCN(CC=Cc2ccccc2)CC1. The van der Waals surface area contributed by atoms with Crippen molar-refractivity contribution >= 4 is 23.6 Å². The molecule has 2 aromatic carbocycles. The van der Waals surface area contributed by atoms with E-state index in [-0.39, 0.29) is 11.8 Å². The third-order valence-electron chi connectivity index (χ3n) is 5.73. The monoisotopic (exact) mass is 389 g/mol. The van der Waals surface area contributed by atoms with E-state index in [1.165, 1.54) is 5.56 Å². The first-order chi connectivity index (χ1) is 14.2. The van der Waals surface area contributed by atoms with Crippen molar-refractivity contribution < 1.29 is 9.59 Å². The topological polar surface area (TPSA) is 43.9 Å². The van der Waals surface area contributed by atoms with Crippen LogP contribution >= 0.6 is 0 Å². The molecule has 2 aromatic rings. The van der Waals surface area contributed by atoms with E-state index in [2.05, 4.69) is 29.2 Å². The lowest BCUT2D eigenvalue weighted by Gasteiger charge is -2.35. The summed E-state index contributed by atoms with van der Waals surface area (Å²) in [5, 5.41) is 0. The molecule has 0 radical (unpaired) electrons. The first-order valence-electron chi connectivity index (χ1n) is 10.3. The van der Waals surface area contributed by atoms with Crippen molar-refractivity contribution in [2.24, 2.45) is 5.92 Å². The highest BCUT2D eigenvalue weighted by Gasteiger charge is 2.40. The van der Waals surface area contributed by atoms with E-state index >= 15 is 0 Å². The van der Waals surface area contributed by atoms with Crippen molar-refractivity contribution in [1.82, 2.24) is 9.80 Å². The summed E-state index contributed by atoms with van der Waals surface area (Å²) in [5.74, 6) is -0.595. The second-order valence-corrected chi connectivity index (χ2v) is 7.61. The molecule has 29 heavy (non-hydrogen) atoms. The van der Waals surface area contributed by atoms with Crippen LogP contribution in [0.1, 0.15) is 12.0 Å². The van der Waals surface area contributed by atoms with Crippen LogP contribution < -0.4 is 4.90 Å². The van der Waals surface area contributed by atoms with E-state index in [4.69, 9.17) is 0 Å². The summed E-state index contributed by atoms with van der Waals surface area (Å²) in [5.41, 5.74) is 2.08. The molecule has 0 saturated carbocycles. The molecule has 2 aliphatic rings. The number of anilines is 1. The average Bonchev–Trinajstić information content (AvgIpc) is 3.16. The molecule has 2 heterocycles. The van der Waals surface area contributed by atoms with Crippen LogP contribution in [0.25, 0.3) is 6.08 Å². The predicted molar refractivity (Wildman–Crippen MR) is 115 cm³/mol. The summed E-state index contributed by atoms with van der Waals surface area (Å²) < 4.78 is 0. The van der Waals surface area contributed by atoms with Gasteiger partial charge in [0.25, 0.3) is 0 Å². The van der Waals surface area contributed by atoms with Crippen molar-refractivity contribution in [3.05, 3.63) is 72.3 Å². The summed E-state index contributed by atoms with van der Waals surface area (Å²) in [6.07, 6.45) is 4.91. The summed E-state index contributed by atoms with van der Waals surface area (Å²) in [7, 11) is 0. The van der Waals surface area contributed by atoms with Gasteiger partial charge in [-0.3, -0.25) is 14.5 Å². The zero-order valence-electron chi connectivity index (χ0n) is 16.6. The number of para-hydroxylation sites is 1. The Morgan fingerprint density at radius 2 is 1.55 bits per heavy atom. The van der Waals surface area contributed by atoms with Gasteiger partial charge in [0, 0.05) is 45.0 Å². The maximum absolute atomic E-state index is 12.9. The minimum atomic E-state index is -0.528. The highest BCUT2D eigenvalue weighted by atomic mass is 16.2. The molecule has 0 spiro atoms. The maximum atomic E-state index is 12.9. The first kappa shape index (κ1) is 19.4. The molecule has 5 nitrogen and oxygen atoms in total. The largest absolute Gasteiger partial charge is 0.339 e. The number of carbonyl (C=O) groups is 2. The Labute approximate surface area is 172 Å². The number of piperazine rings is 1. The molecule has 4 rings (SSSR count). The van der Waals surface area contributed by atoms with Crippen LogP contribution in [0.15, 0.2) is 66.7 Å². The average molecular weight is 389 g/mol. The van der Waals surface area contributed by atoms with Crippen LogP contribution in [0.5, 0.6) is 0 Å². The highest BCUT2D eigenvalue weighted by Crippen LogP contribution is 2.26. The number of amides is 2. The summed E-state index contributed by atoms with van der Waals surface area (Å²) in [6, 6.07) is 19.9. The van der Waals surface area contributed by atoms with Gasteiger partial charge in [0.15, 0.2) is 0 Å². The van der Waals surface area contributed by atoms with Crippen LogP contribution in [0.4, 0.5) is 5.69 Å². The van der Waals surface area contributed by atoms with E-state index in [0.29, 0.717) is 26.1 Å². The molecule has 2 saturated heterocycles. The lowest BCUT2D eigenvalue weighted by atomic mass is 10.1. The molecular formula is C24H27N3O2. The summed E-state index contributed by atoms with van der Waals surface area (Å²) in [6.45, 7) is 4.55. The molecule has 2 fully saturated rings. The van der Waals surface area contributed by atoms with Gasteiger partial charge in [0.05, 0.1) is 0 Å². The molecule has 0 bridgehead atoms. The maximum Gasteiger partial charge on any atom is 0.239 e. The molecule has 150 valence electrons. The predicted octanol–water partition coefficient (Wildman–Crippen LogP) is 2.90. The highest BCUT2D eigenvalue weighted by molar-refractivity contribution is 6.09. The molecule has 1 unspecified atom stereocenters. The van der Waals surface area contributed by atoms with Crippen LogP contribution in [-0.2, 0) is 9.59 Å². The van der Waals surface area contributed by atoms with Gasteiger partial charge in [-0.25, -0.2) is 0 Å². The Kier molecular flexibility index (Phi) is 6.06. The normalized spacial score (nSPS) is 20.6. The van der Waals surface area contributed by atoms with Gasteiger partial charge in [0.1, 0.15) is 5.92 Å². The molecule has 0 aromatic heterocycles. The summed E-state index contributed by atoms with van der Waals surface area (Å²) in [4.78, 5) is 31.7. The van der Waals surface area contributed by atoms with Crippen LogP contribution in [0.3, 0.4) is 0 Å². The molecule has 0 N–H and O–H groups in total. The Balaban J connectivity index is 1.27. The molecule has 1 atom stereocenters. The van der Waals surface area contributed by atoms with E-state index in [9.17, 15) is 9.59 Å². The van der Waals surface area contributed by atoms with Gasteiger partial charge in [-0.05, 0) is 24.1 Å². The van der Waals surface area contributed by atoms with Gasteiger partial charge in [0.2, 0.25) is 11.8 Å². The number of benzene rings is 2. The number of nitrogens with zero attached hydrogens (tertiary/aromatic N) is 3. The second-order valence-electron chi connectivity index (χ2n) is 7.61. The molecular weight excluding hydrogens is 362 g/mol. The van der Waals surface area contributed by atoms with Gasteiger partial charge in [-0.1, -0.05) is 60.7 Å². The van der Waals surface area contributed by atoms with Crippen LogP contribution in [0.2, 0.25) is 0 Å². The number of hydrogen-bond acceptors (Lipinski definition) is 3. The quantitative estimate of drug-likeness (QED) is 0.739. The van der Waals surface area contributed by atoms with Gasteiger partial charge >= 0.3 is 0 Å². The van der Waals surface area contributed by atoms with Gasteiger partial charge in [-0.2, -0.15) is 0 Å². The Morgan fingerprint density at radius 3 is 2.24 bits per heavy atom. The lowest BCUT2D eigenvalue weighted by molar-refractivity contribution is -0.141. The smallest absolute Gasteiger partial charge is 0.239 e. The molecule has 2 aliphatic heterocycles. The fraction of sp³-hybridized carbons (Fsp3) is 0.333. The number of carbonyl (C=O) groups excluding carboxylic acids is 2. The molecule has 0 aliphatic carbocycles. The van der Waals surface area contributed by atoms with E-state index in [0.717, 1.165) is 25.3 Å². The van der Waals surface area contributed by atoms with Crippen molar-refractivity contribution in [2.45, 2.75) is 6.42 Å². The van der Waals surface area contributed by atoms with Gasteiger partial charge in [-0.15, -0.1) is 0 Å². The lowest BCUT2D eigenvalue weighted by Crippen LogP contribution is -2.51. The fourth-order valence-electron chi connectivity index (χ4n) is 4.05. The second kappa shape index (κ2) is 9.05. The third-order valence-corrected chi connectivity index (χ3v) is 5.73. The molecule has 5 heteroatoms. The Bertz CT molecular complexity index is 858. The van der Waals surface area contributed by atoms with Crippen molar-refractivity contribution in [3.8, 4) is 0 Å². The fourth-order valence-corrected chi connectivity index (χ4v) is 4.05. The standard InChI is InChI=1S/C24H27N3O2/c28-23(22-13-15-27(24(22)29)21-11-5-2-6-12-21)26-18-16-25(17-19-26)14-7-10-20-8-3-1-4-9-20/h1-12,22H,13-19H2. The van der Waals surface area contributed by atoms with Crippen LogP contribution in [0, 0.1) is 5.92 Å². The minimum absolute atomic E-state index is 0.00657. The minimum Gasteiger partial charge on any atom is -0.339 e. The number of hydrogen-bond donors (Lipinski definition) is 0.